The molecule has 0 aliphatic rings. The van der Waals surface area contributed by atoms with E-state index in [0.29, 0.717) is 54.8 Å². The standard InChI is InChI=1S/C34H42N4O6S/c1-7-10-15-31-35-23(5)29(19-32(39)43-9-3)34(40)37(31)20-25-16-17-27(26(18-25)21-42-8-2)28-13-11-12-14-30(28)45-38(41)33-22(4)24(6)44-36-33/h11-14,16-18,41H,7-10,15,19-21H2,1-6H3. The zero-order chi connectivity index (χ0) is 32.5. The van der Waals surface area contributed by atoms with Gasteiger partial charge in [0.2, 0.25) is 5.82 Å². The Kier molecular flexibility index (Phi) is 12.0. The topological polar surface area (TPSA) is 120 Å². The molecule has 0 fully saturated rings. The number of aryl methyl sites for hydroxylation is 3. The van der Waals surface area contributed by atoms with E-state index in [0.717, 1.165) is 62.0 Å². The molecular formula is C34H42N4O6S. The van der Waals surface area contributed by atoms with Crippen LogP contribution in [-0.4, -0.2) is 39.1 Å². The predicted octanol–water partition coefficient (Wildman–Crippen LogP) is 6.76. The summed E-state index contributed by atoms with van der Waals surface area (Å²) in [5, 5.41) is 14.9. The lowest BCUT2D eigenvalue weighted by molar-refractivity contribution is -0.142. The summed E-state index contributed by atoms with van der Waals surface area (Å²) in [6.45, 7) is 12.7. The van der Waals surface area contributed by atoms with Crippen molar-refractivity contribution in [3.63, 3.8) is 0 Å². The third kappa shape index (κ3) is 8.22. The van der Waals surface area contributed by atoms with Gasteiger partial charge in [0.1, 0.15) is 11.6 Å². The first-order valence-electron chi connectivity index (χ1n) is 15.3. The Balaban J connectivity index is 1.73. The summed E-state index contributed by atoms with van der Waals surface area (Å²) in [6, 6.07) is 13.9. The largest absolute Gasteiger partial charge is 0.466 e. The van der Waals surface area contributed by atoms with Gasteiger partial charge in [0, 0.05) is 46.7 Å². The van der Waals surface area contributed by atoms with Gasteiger partial charge in [-0.2, -0.15) is 4.47 Å². The number of anilines is 1. The zero-order valence-electron chi connectivity index (χ0n) is 26.9. The fraction of sp³-hybridized carbons (Fsp3) is 0.412. The third-order valence-corrected chi connectivity index (χ3v) is 8.48. The number of esters is 1. The number of hydrogen-bond donors (Lipinski definition) is 1. The molecule has 2 aromatic heterocycles. The second kappa shape index (κ2) is 15.9. The molecule has 4 rings (SSSR count). The lowest BCUT2D eigenvalue weighted by Crippen LogP contribution is -2.31. The smallest absolute Gasteiger partial charge is 0.310 e. The number of nitrogens with zero attached hydrogens (tertiary/aromatic N) is 4. The number of benzene rings is 2. The lowest BCUT2D eigenvalue weighted by atomic mass is 9.97. The summed E-state index contributed by atoms with van der Waals surface area (Å²) in [4.78, 5) is 31.7. The molecule has 0 saturated heterocycles. The van der Waals surface area contributed by atoms with Gasteiger partial charge in [-0.15, -0.1) is 0 Å². The molecule has 11 heteroatoms. The number of unbranched alkanes of at least 4 members (excludes halogenated alkanes) is 1. The Morgan fingerprint density at radius 2 is 1.84 bits per heavy atom. The fourth-order valence-electron chi connectivity index (χ4n) is 5.02. The van der Waals surface area contributed by atoms with Crippen molar-refractivity contribution in [2.45, 2.75) is 85.3 Å². The molecular weight excluding hydrogens is 592 g/mol. The summed E-state index contributed by atoms with van der Waals surface area (Å²) >= 11 is 1.14. The van der Waals surface area contributed by atoms with E-state index in [-0.39, 0.29) is 18.6 Å². The fourth-order valence-corrected chi connectivity index (χ4v) is 5.88. The van der Waals surface area contributed by atoms with Crippen LogP contribution in [0.2, 0.25) is 0 Å². The van der Waals surface area contributed by atoms with Gasteiger partial charge < -0.3 is 14.0 Å². The number of rotatable bonds is 15. The molecule has 0 atom stereocenters. The Morgan fingerprint density at radius 1 is 1.07 bits per heavy atom. The maximum absolute atomic E-state index is 13.8. The van der Waals surface area contributed by atoms with Crippen LogP contribution in [0.5, 0.6) is 0 Å². The monoisotopic (exact) mass is 634 g/mol. The third-order valence-electron chi connectivity index (χ3n) is 7.58. The van der Waals surface area contributed by atoms with Crippen LogP contribution in [0.4, 0.5) is 5.82 Å². The lowest BCUT2D eigenvalue weighted by Gasteiger charge is -2.19. The van der Waals surface area contributed by atoms with Crippen molar-refractivity contribution in [1.29, 1.82) is 0 Å². The molecule has 4 aromatic rings. The molecule has 0 saturated carbocycles. The van der Waals surface area contributed by atoms with E-state index < -0.39 is 5.97 Å². The SMILES string of the molecule is CCCCc1nc(C)c(CC(=O)OCC)c(=O)n1Cc1ccc(-c2ccccc2SN(O)c2noc(C)c2C)c(COCC)c1. The normalized spacial score (nSPS) is 11.2. The van der Waals surface area contributed by atoms with E-state index in [4.69, 9.17) is 19.0 Å². The number of ether oxygens (including phenoxy) is 2. The van der Waals surface area contributed by atoms with E-state index >= 15 is 0 Å². The molecule has 0 unspecified atom stereocenters. The van der Waals surface area contributed by atoms with Crippen LogP contribution in [0.3, 0.4) is 0 Å². The van der Waals surface area contributed by atoms with Crippen LogP contribution in [-0.2, 0) is 40.3 Å². The highest BCUT2D eigenvalue weighted by Gasteiger charge is 2.21. The second-order valence-corrected chi connectivity index (χ2v) is 11.7. The first kappa shape index (κ1) is 34.0. The Hall–Kier alpha value is -3.93. The van der Waals surface area contributed by atoms with Crippen molar-refractivity contribution in [2.75, 3.05) is 17.7 Å². The van der Waals surface area contributed by atoms with E-state index in [1.54, 1.807) is 25.3 Å². The van der Waals surface area contributed by atoms with E-state index in [1.165, 1.54) is 0 Å². The van der Waals surface area contributed by atoms with Crippen LogP contribution < -0.4 is 10.0 Å². The Labute approximate surface area is 268 Å². The maximum atomic E-state index is 13.8. The quantitative estimate of drug-likeness (QED) is 0.0853. The highest BCUT2D eigenvalue weighted by molar-refractivity contribution is 8.00. The second-order valence-electron chi connectivity index (χ2n) is 10.7. The molecule has 1 N–H and O–H groups in total. The summed E-state index contributed by atoms with van der Waals surface area (Å²) in [5.74, 6) is 1.24. The van der Waals surface area contributed by atoms with Gasteiger partial charge >= 0.3 is 5.97 Å². The molecule has 45 heavy (non-hydrogen) atoms. The van der Waals surface area contributed by atoms with Crippen LogP contribution in [0, 0.1) is 20.8 Å². The molecule has 0 radical (unpaired) electrons. The summed E-state index contributed by atoms with van der Waals surface area (Å²) in [6.07, 6.45) is 2.40. The van der Waals surface area contributed by atoms with Crippen LogP contribution in [0.1, 0.15) is 73.1 Å². The molecule has 240 valence electrons. The Morgan fingerprint density at radius 3 is 2.53 bits per heavy atom. The predicted molar refractivity (Wildman–Crippen MR) is 175 cm³/mol. The molecule has 2 heterocycles. The highest BCUT2D eigenvalue weighted by Crippen LogP contribution is 2.37. The van der Waals surface area contributed by atoms with Crippen molar-refractivity contribution in [3.05, 3.63) is 92.4 Å². The van der Waals surface area contributed by atoms with E-state index in [9.17, 15) is 14.8 Å². The first-order valence-corrected chi connectivity index (χ1v) is 16.1. The average molecular weight is 635 g/mol. The summed E-state index contributed by atoms with van der Waals surface area (Å²) in [7, 11) is 0. The number of hydrogen-bond acceptors (Lipinski definition) is 10. The maximum Gasteiger partial charge on any atom is 0.310 e. The number of aromatic nitrogens is 3. The van der Waals surface area contributed by atoms with Gasteiger partial charge in [0.15, 0.2) is 0 Å². The van der Waals surface area contributed by atoms with Gasteiger partial charge in [-0.1, -0.05) is 54.9 Å². The minimum atomic E-state index is -0.442. The van der Waals surface area contributed by atoms with Crippen LogP contribution >= 0.6 is 11.9 Å². The van der Waals surface area contributed by atoms with Gasteiger partial charge in [-0.05, 0) is 69.4 Å². The van der Waals surface area contributed by atoms with Gasteiger partial charge in [-0.25, -0.2) is 4.98 Å². The number of carbonyl (C=O) groups is 1. The van der Waals surface area contributed by atoms with Crippen LogP contribution in [0.15, 0.2) is 56.7 Å². The van der Waals surface area contributed by atoms with Gasteiger partial charge in [-0.3, -0.25) is 19.4 Å². The van der Waals surface area contributed by atoms with Crippen molar-refractivity contribution in [3.8, 4) is 11.1 Å². The minimum Gasteiger partial charge on any atom is -0.466 e. The van der Waals surface area contributed by atoms with Gasteiger partial charge in [0.25, 0.3) is 5.56 Å². The summed E-state index contributed by atoms with van der Waals surface area (Å²) < 4.78 is 19.0. The van der Waals surface area contributed by atoms with E-state index in [2.05, 4.69) is 18.1 Å². The molecule has 10 nitrogen and oxygen atoms in total. The van der Waals surface area contributed by atoms with Crippen molar-refractivity contribution >= 4 is 23.7 Å². The van der Waals surface area contributed by atoms with Crippen LogP contribution in [0.25, 0.3) is 11.1 Å². The van der Waals surface area contributed by atoms with Gasteiger partial charge in [0.05, 0.1) is 26.2 Å². The van der Waals surface area contributed by atoms with E-state index in [1.807, 2.05) is 50.2 Å². The zero-order valence-corrected chi connectivity index (χ0v) is 27.7. The summed E-state index contributed by atoms with van der Waals surface area (Å²) in [5.41, 5.74) is 5.16. The van der Waals surface area contributed by atoms with Crippen molar-refractivity contribution < 1.29 is 24.0 Å². The molecule has 0 bridgehead atoms. The molecule has 2 aromatic carbocycles. The highest BCUT2D eigenvalue weighted by atomic mass is 32.2. The minimum absolute atomic E-state index is 0.113. The first-order chi connectivity index (χ1) is 21.7. The molecule has 0 aliphatic carbocycles. The van der Waals surface area contributed by atoms with Crippen molar-refractivity contribution in [1.82, 2.24) is 14.7 Å². The molecule has 0 amide bonds. The molecule has 0 aliphatic heterocycles. The Bertz CT molecular complexity index is 1680. The molecule has 0 spiro atoms. The number of carbonyl (C=O) groups excluding carboxylic acids is 1. The van der Waals surface area contributed by atoms with Crippen molar-refractivity contribution in [2.24, 2.45) is 0 Å². The average Bonchev–Trinajstić information content (AvgIpc) is 3.36.